The predicted molar refractivity (Wildman–Crippen MR) is 119 cm³/mol. The monoisotopic (exact) mass is 420 g/mol. The lowest BCUT2D eigenvalue weighted by Crippen LogP contribution is -2.16. The Labute approximate surface area is 177 Å². The Morgan fingerprint density at radius 2 is 1.20 bits per heavy atom. The molecule has 3 aromatic carbocycles. The first-order valence-corrected chi connectivity index (χ1v) is 11.5. The van der Waals surface area contributed by atoms with Gasteiger partial charge in [-0.3, -0.25) is 9.59 Å². The molecule has 4 nitrogen and oxygen atoms in total. The van der Waals surface area contributed by atoms with E-state index in [1.54, 1.807) is 74.5 Å². The first-order valence-electron chi connectivity index (χ1n) is 9.78. The summed E-state index contributed by atoms with van der Waals surface area (Å²) in [5.74, 6) is -0.147. The molecule has 0 unspecified atom stereocenters. The van der Waals surface area contributed by atoms with Gasteiger partial charge in [-0.2, -0.15) is 0 Å². The summed E-state index contributed by atoms with van der Waals surface area (Å²) in [6.45, 7) is 3.32. The zero-order valence-corrected chi connectivity index (χ0v) is 17.9. The van der Waals surface area contributed by atoms with Crippen molar-refractivity contribution in [1.29, 1.82) is 0 Å². The Balaban J connectivity index is 1.65. The van der Waals surface area contributed by atoms with Crippen LogP contribution < -0.4 is 0 Å². The van der Waals surface area contributed by atoms with Crippen LogP contribution in [0.4, 0.5) is 0 Å². The van der Waals surface area contributed by atoms with Crippen LogP contribution in [0.1, 0.15) is 51.3 Å². The Morgan fingerprint density at radius 3 is 1.77 bits per heavy atom. The summed E-state index contributed by atoms with van der Waals surface area (Å²) in [4.78, 5) is 25.0. The van der Waals surface area contributed by atoms with E-state index in [1.165, 1.54) is 0 Å². The van der Waals surface area contributed by atoms with Crippen molar-refractivity contribution >= 4 is 21.4 Å². The maximum atomic E-state index is 12.6. The Bertz CT molecular complexity index is 1130. The van der Waals surface area contributed by atoms with Crippen LogP contribution in [0.25, 0.3) is 0 Å². The molecular formula is C25H24O4S. The average molecular weight is 421 g/mol. The van der Waals surface area contributed by atoms with Gasteiger partial charge >= 0.3 is 0 Å². The summed E-state index contributed by atoms with van der Waals surface area (Å²) in [6.07, 6.45) is 0.212. The average Bonchev–Trinajstić information content (AvgIpc) is 2.74. The molecule has 30 heavy (non-hydrogen) atoms. The van der Waals surface area contributed by atoms with Gasteiger partial charge in [0.15, 0.2) is 21.4 Å². The number of hydrogen-bond acceptors (Lipinski definition) is 4. The summed E-state index contributed by atoms with van der Waals surface area (Å²) >= 11 is 0. The highest BCUT2D eigenvalue weighted by Crippen LogP contribution is 2.15. The van der Waals surface area contributed by atoms with Crippen molar-refractivity contribution in [2.75, 3.05) is 0 Å². The van der Waals surface area contributed by atoms with Crippen LogP contribution >= 0.6 is 0 Å². The second-order valence-electron chi connectivity index (χ2n) is 7.54. The van der Waals surface area contributed by atoms with Crippen LogP contribution in [0.5, 0.6) is 0 Å². The third-order valence-corrected chi connectivity index (χ3v) is 7.15. The lowest BCUT2D eigenvalue weighted by molar-refractivity contribution is 0.0992. The molecule has 3 aromatic rings. The standard InChI is InChI=1S/C25H24O4S/c1-18(2)30(28,29)17-20-10-12-21(13-11-20)24(26)16-19-8-14-23(15-9-19)25(27)22-6-4-3-5-7-22/h3-15,18H,16-17H2,1-2H3. The summed E-state index contributed by atoms with van der Waals surface area (Å²) in [5, 5.41) is -0.435. The Kier molecular flexibility index (Phi) is 6.63. The van der Waals surface area contributed by atoms with Crippen molar-refractivity contribution in [3.05, 3.63) is 107 Å². The highest BCUT2D eigenvalue weighted by Gasteiger charge is 2.17. The number of ketones is 2. The van der Waals surface area contributed by atoms with E-state index in [-0.39, 0.29) is 23.7 Å². The van der Waals surface area contributed by atoms with Crippen molar-refractivity contribution in [1.82, 2.24) is 0 Å². The van der Waals surface area contributed by atoms with Crippen LogP contribution in [0, 0.1) is 0 Å². The molecule has 0 aliphatic carbocycles. The van der Waals surface area contributed by atoms with Crippen molar-refractivity contribution in [2.45, 2.75) is 31.3 Å². The molecule has 0 aliphatic rings. The molecule has 0 aromatic heterocycles. The maximum Gasteiger partial charge on any atom is 0.193 e. The van der Waals surface area contributed by atoms with E-state index in [0.717, 1.165) is 5.56 Å². The lowest BCUT2D eigenvalue weighted by atomic mass is 9.98. The number of hydrogen-bond donors (Lipinski definition) is 0. The smallest absolute Gasteiger partial charge is 0.193 e. The topological polar surface area (TPSA) is 68.3 Å². The number of carbonyl (C=O) groups excluding carboxylic acids is 2. The molecule has 0 bridgehead atoms. The Hall–Kier alpha value is -3.05. The lowest BCUT2D eigenvalue weighted by Gasteiger charge is -2.08. The molecule has 0 atom stereocenters. The number of benzene rings is 3. The molecule has 0 saturated carbocycles. The second kappa shape index (κ2) is 9.18. The van der Waals surface area contributed by atoms with Crippen molar-refractivity contribution < 1.29 is 18.0 Å². The van der Waals surface area contributed by atoms with E-state index in [4.69, 9.17) is 0 Å². The first-order chi connectivity index (χ1) is 14.3. The molecule has 0 heterocycles. The third kappa shape index (κ3) is 5.30. The van der Waals surface area contributed by atoms with Gasteiger partial charge in [0.1, 0.15) is 0 Å². The molecule has 0 fully saturated rings. The summed E-state index contributed by atoms with van der Waals surface area (Å²) in [5.41, 5.74) is 3.22. The molecule has 0 N–H and O–H groups in total. The fraction of sp³-hybridized carbons (Fsp3) is 0.200. The fourth-order valence-corrected chi connectivity index (χ4v) is 3.99. The zero-order valence-electron chi connectivity index (χ0n) is 17.0. The maximum absolute atomic E-state index is 12.6. The minimum atomic E-state index is -3.18. The predicted octanol–water partition coefficient (Wildman–Crippen LogP) is 4.67. The van der Waals surface area contributed by atoms with Gasteiger partial charge in [-0.25, -0.2) is 8.42 Å². The number of carbonyl (C=O) groups is 2. The fourth-order valence-electron chi connectivity index (χ4n) is 3.00. The molecule has 0 aliphatic heterocycles. The molecule has 0 saturated heterocycles. The van der Waals surface area contributed by atoms with E-state index in [0.29, 0.717) is 22.3 Å². The van der Waals surface area contributed by atoms with E-state index in [2.05, 4.69) is 0 Å². The van der Waals surface area contributed by atoms with Gasteiger partial charge in [0.2, 0.25) is 0 Å². The highest BCUT2D eigenvalue weighted by atomic mass is 32.2. The Morgan fingerprint density at radius 1 is 0.700 bits per heavy atom. The van der Waals surface area contributed by atoms with E-state index in [1.807, 2.05) is 18.2 Å². The summed E-state index contributed by atoms with van der Waals surface area (Å²) < 4.78 is 24.1. The molecule has 0 radical (unpaired) electrons. The van der Waals surface area contributed by atoms with Crippen molar-refractivity contribution in [3.8, 4) is 0 Å². The summed E-state index contributed by atoms with van der Waals surface area (Å²) in [6, 6.07) is 22.8. The van der Waals surface area contributed by atoms with Gasteiger partial charge in [-0.1, -0.05) is 78.9 Å². The quantitative estimate of drug-likeness (QED) is 0.497. The number of sulfone groups is 1. The molecule has 3 rings (SSSR count). The molecule has 154 valence electrons. The third-order valence-electron chi connectivity index (χ3n) is 4.98. The normalized spacial score (nSPS) is 11.4. The minimum Gasteiger partial charge on any atom is -0.294 e. The van der Waals surface area contributed by atoms with Gasteiger partial charge in [0.05, 0.1) is 11.0 Å². The second-order valence-corrected chi connectivity index (χ2v) is 10.1. The van der Waals surface area contributed by atoms with E-state index < -0.39 is 15.1 Å². The summed E-state index contributed by atoms with van der Waals surface area (Å²) in [7, 11) is -3.18. The SMILES string of the molecule is CC(C)S(=O)(=O)Cc1ccc(C(=O)Cc2ccc(C(=O)c3ccccc3)cc2)cc1. The van der Waals surface area contributed by atoms with Crippen LogP contribution in [0.2, 0.25) is 0 Å². The van der Waals surface area contributed by atoms with Crippen LogP contribution in [-0.2, 0) is 22.0 Å². The van der Waals surface area contributed by atoms with Gasteiger partial charge in [0.25, 0.3) is 0 Å². The zero-order chi connectivity index (χ0) is 21.7. The van der Waals surface area contributed by atoms with Gasteiger partial charge in [0, 0.05) is 23.1 Å². The van der Waals surface area contributed by atoms with E-state index in [9.17, 15) is 18.0 Å². The van der Waals surface area contributed by atoms with Gasteiger partial charge in [-0.15, -0.1) is 0 Å². The first kappa shape index (κ1) is 21.7. The molecule has 5 heteroatoms. The largest absolute Gasteiger partial charge is 0.294 e. The van der Waals surface area contributed by atoms with Gasteiger partial charge < -0.3 is 0 Å². The molecular weight excluding hydrogens is 396 g/mol. The van der Waals surface area contributed by atoms with E-state index >= 15 is 0 Å². The number of rotatable bonds is 8. The van der Waals surface area contributed by atoms with Crippen molar-refractivity contribution in [3.63, 3.8) is 0 Å². The van der Waals surface area contributed by atoms with Crippen LogP contribution in [0.15, 0.2) is 78.9 Å². The van der Waals surface area contributed by atoms with Crippen molar-refractivity contribution in [2.24, 2.45) is 0 Å². The van der Waals surface area contributed by atoms with Crippen LogP contribution in [0.3, 0.4) is 0 Å². The minimum absolute atomic E-state index is 0.0317. The molecule has 0 amide bonds. The van der Waals surface area contributed by atoms with Gasteiger partial charge in [-0.05, 0) is 25.0 Å². The number of Topliss-reactive ketones (excluding diaryl/α,β-unsaturated/α-hetero) is 1. The highest BCUT2D eigenvalue weighted by molar-refractivity contribution is 7.91. The van der Waals surface area contributed by atoms with Crippen LogP contribution in [-0.4, -0.2) is 25.2 Å². The molecule has 0 spiro atoms.